The van der Waals surface area contributed by atoms with Gasteiger partial charge < -0.3 is 9.26 Å². The first-order valence-corrected chi connectivity index (χ1v) is 6.82. The Morgan fingerprint density at radius 1 is 1.50 bits per heavy atom. The maximum absolute atomic E-state index is 12.0. The van der Waals surface area contributed by atoms with Crippen LogP contribution in [0.3, 0.4) is 0 Å². The molecule has 94 valence electrons. The highest BCUT2D eigenvalue weighted by molar-refractivity contribution is 7.54. The molecule has 0 aromatic rings. The zero-order chi connectivity index (χ0) is 12.6. The first-order valence-electron chi connectivity index (χ1n) is 5.10. The van der Waals surface area contributed by atoms with Gasteiger partial charge in [0.2, 0.25) is 0 Å². The Bertz CT molecular complexity index is 287. The van der Waals surface area contributed by atoms with Gasteiger partial charge in [0.25, 0.3) is 0 Å². The number of ether oxygens (including phenoxy) is 1. The molecular formula is C10H19O5P. The summed E-state index contributed by atoms with van der Waals surface area (Å²) in [5.74, 6) is -0.541. The summed E-state index contributed by atoms with van der Waals surface area (Å²) >= 11 is 0. The lowest BCUT2D eigenvalue weighted by atomic mass is 10.4. The van der Waals surface area contributed by atoms with Crippen LogP contribution in [0.1, 0.15) is 20.8 Å². The molecule has 0 N–H and O–H groups in total. The SMILES string of the molecule is CC=CCP(=O)(OC)OC(C)C(=O)OCC. The van der Waals surface area contributed by atoms with Crippen molar-refractivity contribution in [1.29, 1.82) is 0 Å². The van der Waals surface area contributed by atoms with E-state index in [9.17, 15) is 9.36 Å². The standard InChI is InChI=1S/C10H19O5P/c1-5-7-8-16(12,13-4)15-9(3)10(11)14-6-2/h5,7,9H,6,8H2,1-4H3. The molecule has 5 nitrogen and oxygen atoms in total. The molecular weight excluding hydrogens is 231 g/mol. The van der Waals surface area contributed by atoms with E-state index in [0.717, 1.165) is 0 Å². The maximum atomic E-state index is 12.0. The monoisotopic (exact) mass is 250 g/mol. The molecule has 0 aliphatic rings. The van der Waals surface area contributed by atoms with E-state index < -0.39 is 19.7 Å². The van der Waals surface area contributed by atoms with E-state index >= 15 is 0 Å². The van der Waals surface area contributed by atoms with E-state index in [4.69, 9.17) is 13.8 Å². The lowest BCUT2D eigenvalue weighted by molar-refractivity contribution is -0.150. The summed E-state index contributed by atoms with van der Waals surface area (Å²) in [5, 5.41) is 0. The summed E-state index contributed by atoms with van der Waals surface area (Å²) < 4.78 is 26.6. The molecule has 0 saturated carbocycles. The zero-order valence-corrected chi connectivity index (χ0v) is 11.0. The molecule has 2 atom stereocenters. The lowest BCUT2D eigenvalue weighted by Gasteiger charge is -2.18. The largest absolute Gasteiger partial charge is 0.464 e. The number of rotatable bonds is 7. The Hall–Kier alpha value is -0.640. The van der Waals surface area contributed by atoms with Crippen molar-refractivity contribution >= 4 is 13.6 Å². The number of carbonyl (C=O) groups is 1. The smallest absolute Gasteiger partial charge is 0.335 e. The van der Waals surface area contributed by atoms with Gasteiger partial charge in [-0.05, 0) is 20.8 Å². The molecule has 0 saturated heterocycles. The van der Waals surface area contributed by atoms with Crippen LogP contribution < -0.4 is 0 Å². The highest BCUT2D eigenvalue weighted by Gasteiger charge is 2.28. The summed E-state index contributed by atoms with van der Waals surface area (Å²) in [6, 6.07) is 0. The van der Waals surface area contributed by atoms with E-state index in [2.05, 4.69) is 0 Å². The summed E-state index contributed by atoms with van der Waals surface area (Å²) in [4.78, 5) is 11.3. The third kappa shape index (κ3) is 5.45. The average Bonchev–Trinajstić information content (AvgIpc) is 2.26. The van der Waals surface area contributed by atoms with Crippen molar-refractivity contribution in [2.24, 2.45) is 0 Å². The molecule has 0 aromatic carbocycles. The highest BCUT2D eigenvalue weighted by atomic mass is 31.2. The maximum Gasteiger partial charge on any atom is 0.335 e. The molecule has 6 heteroatoms. The van der Waals surface area contributed by atoms with Gasteiger partial charge >= 0.3 is 13.6 Å². The highest BCUT2D eigenvalue weighted by Crippen LogP contribution is 2.48. The second kappa shape index (κ2) is 7.60. The van der Waals surface area contributed by atoms with E-state index in [1.807, 2.05) is 0 Å². The molecule has 0 radical (unpaired) electrons. The minimum absolute atomic E-state index is 0.143. The Morgan fingerprint density at radius 2 is 2.12 bits per heavy atom. The fraction of sp³-hybridized carbons (Fsp3) is 0.700. The van der Waals surface area contributed by atoms with Gasteiger partial charge in [-0.3, -0.25) is 9.09 Å². The van der Waals surface area contributed by atoms with Crippen LogP contribution in [0.15, 0.2) is 12.2 Å². The van der Waals surface area contributed by atoms with Crippen molar-refractivity contribution in [1.82, 2.24) is 0 Å². The number of hydrogen-bond acceptors (Lipinski definition) is 5. The Kier molecular flexibility index (Phi) is 7.30. The number of allylic oxidation sites excluding steroid dienone is 2. The van der Waals surface area contributed by atoms with Crippen molar-refractivity contribution in [3.63, 3.8) is 0 Å². The van der Waals surface area contributed by atoms with Crippen LogP contribution in [0.5, 0.6) is 0 Å². The number of esters is 1. The zero-order valence-electron chi connectivity index (χ0n) is 10.1. The van der Waals surface area contributed by atoms with Crippen LogP contribution in [-0.4, -0.2) is 32.0 Å². The van der Waals surface area contributed by atoms with Gasteiger partial charge in [0.1, 0.15) is 0 Å². The number of carbonyl (C=O) groups excluding carboxylic acids is 1. The molecule has 0 rings (SSSR count). The predicted octanol–water partition coefficient (Wildman–Crippen LogP) is 2.37. The molecule has 0 fully saturated rings. The fourth-order valence-electron chi connectivity index (χ4n) is 0.939. The number of hydrogen-bond donors (Lipinski definition) is 0. The van der Waals surface area contributed by atoms with Gasteiger partial charge in [-0.25, -0.2) is 4.79 Å². The third-order valence-electron chi connectivity index (χ3n) is 1.78. The van der Waals surface area contributed by atoms with E-state index in [1.165, 1.54) is 14.0 Å². The summed E-state index contributed by atoms with van der Waals surface area (Å²) in [7, 11) is -1.94. The van der Waals surface area contributed by atoms with Crippen molar-refractivity contribution in [3.05, 3.63) is 12.2 Å². The normalized spacial score (nSPS) is 17.0. The molecule has 0 aliphatic carbocycles. The Balaban J connectivity index is 4.41. The minimum atomic E-state index is -3.24. The molecule has 0 amide bonds. The Labute approximate surface area is 96.3 Å². The molecule has 2 unspecified atom stereocenters. The molecule has 0 aromatic heterocycles. The van der Waals surface area contributed by atoms with Crippen molar-refractivity contribution in [3.8, 4) is 0 Å². The fourth-order valence-corrected chi connectivity index (χ4v) is 2.30. The first kappa shape index (κ1) is 15.4. The van der Waals surface area contributed by atoms with Crippen LogP contribution >= 0.6 is 7.60 Å². The molecule has 0 spiro atoms. The van der Waals surface area contributed by atoms with Gasteiger partial charge in [0, 0.05) is 7.11 Å². The van der Waals surface area contributed by atoms with Crippen molar-refractivity contribution < 1.29 is 23.1 Å². The van der Waals surface area contributed by atoms with E-state index in [1.54, 1.807) is 26.0 Å². The molecule has 0 heterocycles. The molecule has 0 bridgehead atoms. The predicted molar refractivity (Wildman–Crippen MR) is 61.5 cm³/mol. The molecule has 0 aliphatic heterocycles. The summed E-state index contributed by atoms with van der Waals surface area (Å²) in [6.07, 6.45) is 2.66. The average molecular weight is 250 g/mol. The second-order valence-electron chi connectivity index (χ2n) is 3.04. The van der Waals surface area contributed by atoms with Crippen LogP contribution in [0.25, 0.3) is 0 Å². The topological polar surface area (TPSA) is 61.8 Å². The third-order valence-corrected chi connectivity index (χ3v) is 3.63. The molecule has 16 heavy (non-hydrogen) atoms. The summed E-state index contributed by atoms with van der Waals surface area (Å²) in [5.41, 5.74) is 0. The van der Waals surface area contributed by atoms with Crippen LogP contribution in [0, 0.1) is 0 Å². The first-order chi connectivity index (χ1) is 7.49. The second-order valence-corrected chi connectivity index (χ2v) is 5.21. The van der Waals surface area contributed by atoms with Crippen molar-refractivity contribution in [2.45, 2.75) is 26.9 Å². The van der Waals surface area contributed by atoms with E-state index in [-0.39, 0.29) is 12.8 Å². The van der Waals surface area contributed by atoms with Crippen molar-refractivity contribution in [2.75, 3.05) is 19.9 Å². The van der Waals surface area contributed by atoms with Gasteiger partial charge in [0.05, 0.1) is 12.8 Å². The van der Waals surface area contributed by atoms with Crippen LogP contribution in [0.2, 0.25) is 0 Å². The Morgan fingerprint density at radius 3 is 2.56 bits per heavy atom. The van der Waals surface area contributed by atoms with Gasteiger partial charge in [0.15, 0.2) is 6.10 Å². The summed E-state index contributed by atoms with van der Waals surface area (Å²) in [6.45, 7) is 5.24. The van der Waals surface area contributed by atoms with Gasteiger partial charge in [-0.2, -0.15) is 0 Å². The lowest BCUT2D eigenvalue weighted by Crippen LogP contribution is -2.23. The van der Waals surface area contributed by atoms with Crippen LogP contribution in [-0.2, 0) is 23.1 Å². The van der Waals surface area contributed by atoms with Gasteiger partial charge in [-0.1, -0.05) is 12.2 Å². The van der Waals surface area contributed by atoms with E-state index in [0.29, 0.717) is 0 Å². The van der Waals surface area contributed by atoms with Gasteiger partial charge in [-0.15, -0.1) is 0 Å². The minimum Gasteiger partial charge on any atom is -0.464 e. The van der Waals surface area contributed by atoms with Crippen LogP contribution in [0.4, 0.5) is 0 Å². The quantitative estimate of drug-likeness (QED) is 0.394.